The van der Waals surface area contributed by atoms with Crippen LogP contribution >= 0.6 is 0 Å². The zero-order chi connectivity index (χ0) is 22.4. The third-order valence-corrected chi connectivity index (χ3v) is 7.02. The van der Waals surface area contributed by atoms with Crippen LogP contribution in [0.15, 0.2) is 60.7 Å². The van der Waals surface area contributed by atoms with Crippen molar-refractivity contribution in [2.45, 2.75) is 24.7 Å². The Hall–Kier alpha value is -3.94. The molecule has 0 radical (unpaired) electrons. The number of hydrogen-bond acceptors (Lipinski definition) is 4. The van der Waals surface area contributed by atoms with Crippen molar-refractivity contribution in [2.24, 2.45) is 0 Å². The van der Waals surface area contributed by atoms with Crippen molar-refractivity contribution in [1.29, 1.82) is 0 Å². The first kappa shape index (κ1) is 18.6. The van der Waals surface area contributed by atoms with Crippen molar-refractivity contribution >= 4 is 55.4 Å². The number of rotatable bonds is 1. The molecule has 2 aromatic heterocycles. The summed E-state index contributed by atoms with van der Waals surface area (Å²) in [5, 5.41) is 26.1. The monoisotopic (exact) mass is 437 g/mol. The van der Waals surface area contributed by atoms with Crippen molar-refractivity contribution < 1.29 is 19.8 Å². The van der Waals surface area contributed by atoms with Crippen LogP contribution in [0.4, 0.5) is 0 Å². The quantitative estimate of drug-likeness (QED) is 0.238. The standard InChI is InChI=1S/C26H19N3O4/c30-17-10-9-12(11-18(17)31)29-16-8-4-2-6-14(16)20-22-21(25(32)28-26(22)33)19-13-5-1-3-7-15(13)27-23(19)24(20)29/h1-10,12,17-18,27,30-31H,11H2,(H,28,32,33). The summed E-state index contributed by atoms with van der Waals surface area (Å²) in [6, 6.07) is 15.3. The number of imide groups is 1. The summed E-state index contributed by atoms with van der Waals surface area (Å²) in [5.41, 5.74) is 4.15. The minimum atomic E-state index is -0.907. The van der Waals surface area contributed by atoms with E-state index in [4.69, 9.17) is 0 Å². The van der Waals surface area contributed by atoms with Gasteiger partial charge in [-0.05, 0) is 12.1 Å². The highest BCUT2D eigenvalue weighted by Gasteiger charge is 2.37. The summed E-state index contributed by atoms with van der Waals surface area (Å²) in [7, 11) is 0. The molecule has 3 atom stereocenters. The number of H-pyrrole nitrogens is 1. The van der Waals surface area contributed by atoms with Gasteiger partial charge in [-0.1, -0.05) is 48.6 Å². The van der Waals surface area contributed by atoms with E-state index in [1.807, 2.05) is 54.6 Å². The zero-order valence-electron chi connectivity index (χ0n) is 17.4. The van der Waals surface area contributed by atoms with Crippen molar-refractivity contribution in [2.75, 3.05) is 0 Å². The minimum Gasteiger partial charge on any atom is -0.390 e. The van der Waals surface area contributed by atoms with E-state index in [0.29, 0.717) is 17.5 Å². The van der Waals surface area contributed by atoms with Gasteiger partial charge < -0.3 is 19.8 Å². The van der Waals surface area contributed by atoms with E-state index in [0.717, 1.165) is 43.6 Å². The molecule has 7 nitrogen and oxygen atoms in total. The molecule has 0 bridgehead atoms. The van der Waals surface area contributed by atoms with Crippen LogP contribution in [0.3, 0.4) is 0 Å². The number of nitrogens with zero attached hydrogens (tertiary/aromatic N) is 1. The number of aromatic amines is 1. The number of para-hydroxylation sites is 2. The first-order valence-corrected chi connectivity index (χ1v) is 10.9. The zero-order valence-corrected chi connectivity index (χ0v) is 17.4. The van der Waals surface area contributed by atoms with Gasteiger partial charge in [-0.2, -0.15) is 0 Å². The molecule has 7 heteroatoms. The van der Waals surface area contributed by atoms with Gasteiger partial charge in [0, 0.05) is 39.0 Å². The number of hydrogen-bond donors (Lipinski definition) is 4. The first-order valence-electron chi connectivity index (χ1n) is 10.9. The molecule has 3 aromatic carbocycles. The van der Waals surface area contributed by atoms with Gasteiger partial charge in [0.2, 0.25) is 0 Å². The van der Waals surface area contributed by atoms with Gasteiger partial charge in [-0.15, -0.1) is 0 Å². The van der Waals surface area contributed by atoms with Crippen molar-refractivity contribution in [3.63, 3.8) is 0 Å². The lowest BCUT2D eigenvalue weighted by Crippen LogP contribution is -2.30. The van der Waals surface area contributed by atoms with Crippen LogP contribution in [0.1, 0.15) is 33.2 Å². The molecule has 0 fully saturated rings. The average molecular weight is 437 g/mol. The van der Waals surface area contributed by atoms with E-state index in [9.17, 15) is 19.8 Å². The van der Waals surface area contributed by atoms with E-state index in [1.165, 1.54) is 0 Å². The summed E-state index contributed by atoms with van der Waals surface area (Å²) < 4.78 is 2.12. The summed E-state index contributed by atoms with van der Waals surface area (Å²) in [5.74, 6) is -0.788. The number of carbonyl (C=O) groups is 2. The van der Waals surface area contributed by atoms with Crippen LogP contribution in [0.2, 0.25) is 0 Å². The number of nitrogens with one attached hydrogen (secondary N) is 2. The summed E-state index contributed by atoms with van der Waals surface area (Å²) in [6.07, 6.45) is 2.04. The van der Waals surface area contributed by atoms with E-state index >= 15 is 0 Å². The molecular weight excluding hydrogens is 418 g/mol. The Kier molecular flexibility index (Phi) is 3.56. The highest BCUT2D eigenvalue weighted by Crippen LogP contribution is 2.45. The van der Waals surface area contributed by atoms with Crippen molar-refractivity contribution in [1.82, 2.24) is 14.9 Å². The topological polar surface area (TPSA) is 107 Å². The number of fused-ring (bicyclic) bond motifs is 10. The molecule has 5 aromatic rings. The highest BCUT2D eigenvalue weighted by molar-refractivity contribution is 6.39. The van der Waals surface area contributed by atoms with Crippen LogP contribution in [0.25, 0.3) is 43.6 Å². The maximum Gasteiger partial charge on any atom is 0.259 e. The number of aromatic nitrogens is 2. The van der Waals surface area contributed by atoms with Gasteiger partial charge in [0.25, 0.3) is 11.8 Å². The van der Waals surface area contributed by atoms with Gasteiger partial charge >= 0.3 is 0 Å². The molecule has 2 amide bonds. The number of aliphatic hydroxyl groups excluding tert-OH is 2. The number of benzene rings is 3. The molecular formula is C26H19N3O4. The van der Waals surface area contributed by atoms with E-state index in [-0.39, 0.29) is 11.9 Å². The van der Waals surface area contributed by atoms with Gasteiger partial charge in [-0.25, -0.2) is 0 Å². The van der Waals surface area contributed by atoms with Gasteiger partial charge in [0.1, 0.15) is 0 Å². The fourth-order valence-electron chi connectivity index (χ4n) is 5.65. The maximum absolute atomic E-state index is 13.1. The molecule has 0 spiro atoms. The molecule has 1 aliphatic carbocycles. The van der Waals surface area contributed by atoms with Crippen LogP contribution in [0, 0.1) is 0 Å². The third kappa shape index (κ3) is 2.30. The molecule has 3 unspecified atom stereocenters. The Morgan fingerprint density at radius 3 is 2.33 bits per heavy atom. The Morgan fingerprint density at radius 1 is 0.848 bits per heavy atom. The van der Waals surface area contributed by atoms with Crippen LogP contribution in [-0.4, -0.2) is 43.8 Å². The Balaban J connectivity index is 1.76. The molecule has 162 valence electrons. The minimum absolute atomic E-state index is 0.237. The Morgan fingerprint density at radius 2 is 1.55 bits per heavy atom. The largest absolute Gasteiger partial charge is 0.390 e. The van der Waals surface area contributed by atoms with Crippen LogP contribution < -0.4 is 5.32 Å². The molecule has 7 rings (SSSR count). The second-order valence-corrected chi connectivity index (χ2v) is 8.81. The molecule has 0 saturated heterocycles. The first-order chi connectivity index (χ1) is 16.0. The Labute approximate surface area is 186 Å². The fraction of sp³-hybridized carbons (Fsp3) is 0.154. The van der Waals surface area contributed by atoms with Crippen LogP contribution in [-0.2, 0) is 0 Å². The molecule has 4 N–H and O–H groups in total. The van der Waals surface area contributed by atoms with E-state index in [1.54, 1.807) is 6.08 Å². The third-order valence-electron chi connectivity index (χ3n) is 7.02. The molecule has 1 aliphatic heterocycles. The van der Waals surface area contributed by atoms with Crippen LogP contribution in [0.5, 0.6) is 0 Å². The normalized spacial score (nSPS) is 22.7. The smallest absolute Gasteiger partial charge is 0.259 e. The van der Waals surface area contributed by atoms with Gasteiger partial charge in [0.05, 0.1) is 40.4 Å². The fourth-order valence-corrected chi connectivity index (χ4v) is 5.65. The second-order valence-electron chi connectivity index (χ2n) is 8.81. The lowest BCUT2D eigenvalue weighted by molar-refractivity contribution is 0.0307. The van der Waals surface area contributed by atoms with Crippen molar-refractivity contribution in [3.05, 3.63) is 71.8 Å². The second kappa shape index (κ2) is 6.31. The summed E-state index contributed by atoms with van der Waals surface area (Å²) >= 11 is 0. The number of amides is 2. The summed E-state index contributed by atoms with van der Waals surface area (Å²) in [4.78, 5) is 29.6. The maximum atomic E-state index is 13.1. The average Bonchev–Trinajstić information content (AvgIpc) is 3.45. The van der Waals surface area contributed by atoms with Gasteiger partial charge in [-0.3, -0.25) is 14.9 Å². The van der Waals surface area contributed by atoms with E-state index < -0.39 is 18.1 Å². The van der Waals surface area contributed by atoms with Crippen molar-refractivity contribution in [3.8, 4) is 0 Å². The number of allylic oxidation sites excluding steroid dienone is 1. The number of aliphatic hydroxyl groups is 2. The Bertz CT molecular complexity index is 1710. The molecule has 33 heavy (non-hydrogen) atoms. The lowest BCUT2D eigenvalue weighted by atomic mass is 9.95. The molecule has 0 saturated carbocycles. The predicted octanol–water partition coefficient (Wildman–Crippen LogP) is 3.54. The molecule has 2 aliphatic rings. The SMILES string of the molecule is O=C1NC(=O)c2c1c1c3ccccc3[nH]c1c1c2c2ccccc2n1C1C=CC(O)C(O)C1. The highest BCUT2D eigenvalue weighted by atomic mass is 16.3. The predicted molar refractivity (Wildman–Crippen MR) is 125 cm³/mol. The van der Waals surface area contributed by atoms with Gasteiger partial charge in [0.15, 0.2) is 0 Å². The lowest BCUT2D eigenvalue weighted by Gasteiger charge is -2.27. The number of carbonyl (C=O) groups excluding carboxylic acids is 2. The van der Waals surface area contributed by atoms with E-state index in [2.05, 4.69) is 14.9 Å². The summed E-state index contributed by atoms with van der Waals surface area (Å²) in [6.45, 7) is 0. The molecule has 3 heterocycles.